The zero-order valence-corrected chi connectivity index (χ0v) is 16.5. The lowest BCUT2D eigenvalue weighted by Crippen LogP contribution is -2.14. The van der Waals surface area contributed by atoms with Crippen LogP contribution in [0.4, 0.5) is 5.69 Å². The highest BCUT2D eigenvalue weighted by Crippen LogP contribution is 2.28. The van der Waals surface area contributed by atoms with E-state index in [0.29, 0.717) is 22.8 Å². The first-order chi connectivity index (χ1) is 13.6. The fourth-order valence-corrected chi connectivity index (χ4v) is 3.52. The second-order valence-electron chi connectivity index (χ2n) is 6.13. The first-order valence-corrected chi connectivity index (χ1v) is 9.93. The van der Waals surface area contributed by atoms with E-state index >= 15 is 0 Å². The third-order valence-corrected chi connectivity index (χ3v) is 5.09. The lowest BCUT2D eigenvalue weighted by Gasteiger charge is -2.11. The Bertz CT molecular complexity index is 966. The summed E-state index contributed by atoms with van der Waals surface area (Å²) in [6, 6.07) is 19.3. The van der Waals surface area contributed by atoms with Crippen molar-refractivity contribution >= 4 is 29.3 Å². The topological polar surface area (TPSA) is 68.5 Å². The molecule has 0 bridgehead atoms. The molecule has 1 N–H and O–H groups in total. The number of carbonyl (C=O) groups is 2. The lowest BCUT2D eigenvalue weighted by atomic mass is 10.0. The van der Waals surface area contributed by atoms with Crippen LogP contribution < -0.4 is 5.32 Å². The van der Waals surface area contributed by atoms with Gasteiger partial charge in [0.1, 0.15) is 17.1 Å². The molecular weight excluding hydrogens is 374 g/mol. The minimum atomic E-state index is -0.423. The van der Waals surface area contributed by atoms with Gasteiger partial charge in [-0.2, -0.15) is 0 Å². The fraction of sp³-hybridized carbons (Fsp3) is 0.182. The van der Waals surface area contributed by atoms with E-state index in [2.05, 4.69) is 5.32 Å². The molecule has 1 amide bonds. The van der Waals surface area contributed by atoms with Crippen molar-refractivity contribution in [2.75, 3.05) is 18.2 Å². The van der Waals surface area contributed by atoms with Crippen molar-refractivity contribution in [3.8, 4) is 11.1 Å². The molecule has 6 heteroatoms. The van der Waals surface area contributed by atoms with E-state index in [4.69, 9.17) is 9.15 Å². The van der Waals surface area contributed by atoms with Crippen molar-refractivity contribution in [2.24, 2.45) is 0 Å². The average Bonchev–Trinajstić information content (AvgIpc) is 3.09. The number of rotatable bonds is 7. The molecule has 3 aromatic rings. The SMILES string of the molecule is COC(=O)c1cc(CSCC(=O)Nc2ccccc2-c2ccccc2)oc1C. The van der Waals surface area contributed by atoms with Gasteiger partial charge in [-0.15, -0.1) is 11.8 Å². The van der Waals surface area contributed by atoms with Gasteiger partial charge < -0.3 is 14.5 Å². The number of amides is 1. The Kier molecular flexibility index (Phi) is 6.55. The number of carbonyl (C=O) groups excluding carboxylic acids is 2. The van der Waals surface area contributed by atoms with Crippen LogP contribution in [-0.2, 0) is 15.3 Å². The number of anilines is 1. The fourth-order valence-electron chi connectivity index (χ4n) is 2.82. The summed E-state index contributed by atoms with van der Waals surface area (Å²) in [5.41, 5.74) is 3.22. The van der Waals surface area contributed by atoms with E-state index in [-0.39, 0.29) is 11.7 Å². The summed E-state index contributed by atoms with van der Waals surface area (Å²) in [7, 11) is 1.33. The Labute approximate surface area is 168 Å². The maximum atomic E-state index is 12.4. The van der Waals surface area contributed by atoms with Crippen LogP contribution in [0, 0.1) is 6.92 Å². The first-order valence-electron chi connectivity index (χ1n) is 8.78. The van der Waals surface area contributed by atoms with Gasteiger partial charge in [-0.3, -0.25) is 4.79 Å². The summed E-state index contributed by atoms with van der Waals surface area (Å²) in [4.78, 5) is 24.0. The highest BCUT2D eigenvalue weighted by molar-refractivity contribution is 7.99. The number of thioether (sulfide) groups is 1. The van der Waals surface area contributed by atoms with Gasteiger partial charge in [-0.25, -0.2) is 4.79 Å². The second kappa shape index (κ2) is 9.28. The van der Waals surface area contributed by atoms with Crippen LogP contribution in [0.15, 0.2) is 65.1 Å². The van der Waals surface area contributed by atoms with Gasteiger partial charge in [0.05, 0.1) is 18.6 Å². The Morgan fingerprint density at radius 1 is 1.07 bits per heavy atom. The molecular formula is C22H21NO4S. The summed E-state index contributed by atoms with van der Waals surface area (Å²) in [5.74, 6) is 1.41. The first kappa shape index (κ1) is 19.8. The van der Waals surface area contributed by atoms with E-state index in [9.17, 15) is 9.59 Å². The molecule has 0 fully saturated rings. The standard InChI is InChI=1S/C22H21NO4S/c1-15-19(22(25)26-2)12-17(27-15)13-28-14-21(24)23-20-11-7-6-10-18(20)16-8-4-3-5-9-16/h3-12H,13-14H2,1-2H3,(H,23,24). The van der Waals surface area contributed by atoms with E-state index in [1.54, 1.807) is 13.0 Å². The predicted molar refractivity (Wildman–Crippen MR) is 111 cm³/mol. The highest BCUT2D eigenvalue weighted by Gasteiger charge is 2.15. The maximum Gasteiger partial charge on any atom is 0.341 e. The molecule has 0 aliphatic rings. The zero-order valence-electron chi connectivity index (χ0n) is 15.7. The van der Waals surface area contributed by atoms with Gasteiger partial charge in [0.15, 0.2) is 0 Å². The molecule has 0 radical (unpaired) electrons. The number of methoxy groups -OCH3 is 1. The minimum absolute atomic E-state index is 0.0927. The third-order valence-electron chi connectivity index (χ3n) is 4.14. The van der Waals surface area contributed by atoms with Crippen molar-refractivity contribution in [2.45, 2.75) is 12.7 Å². The van der Waals surface area contributed by atoms with Crippen molar-refractivity contribution < 1.29 is 18.7 Å². The van der Waals surface area contributed by atoms with Crippen molar-refractivity contribution in [3.63, 3.8) is 0 Å². The van der Waals surface area contributed by atoms with Crippen LogP contribution in [0.1, 0.15) is 21.9 Å². The molecule has 1 heterocycles. The summed E-state index contributed by atoms with van der Waals surface area (Å²) in [6.07, 6.45) is 0. The molecule has 144 valence electrons. The van der Waals surface area contributed by atoms with Crippen LogP contribution in [-0.4, -0.2) is 24.7 Å². The number of nitrogens with one attached hydrogen (secondary N) is 1. The number of para-hydroxylation sites is 1. The molecule has 1 aromatic heterocycles. The molecule has 0 saturated carbocycles. The summed E-state index contributed by atoms with van der Waals surface area (Å²) < 4.78 is 10.3. The maximum absolute atomic E-state index is 12.4. The van der Waals surface area contributed by atoms with E-state index in [1.165, 1.54) is 18.9 Å². The smallest absolute Gasteiger partial charge is 0.341 e. The Hall–Kier alpha value is -2.99. The quantitative estimate of drug-likeness (QED) is 0.576. The molecule has 0 spiro atoms. The van der Waals surface area contributed by atoms with Gasteiger partial charge in [0, 0.05) is 11.3 Å². The van der Waals surface area contributed by atoms with Crippen LogP contribution in [0.2, 0.25) is 0 Å². The molecule has 3 rings (SSSR count). The summed E-state index contributed by atoms with van der Waals surface area (Å²) in [5, 5.41) is 2.97. The number of aryl methyl sites for hydroxylation is 1. The molecule has 0 atom stereocenters. The predicted octanol–water partition coefficient (Wildman–Crippen LogP) is 4.91. The molecule has 2 aromatic carbocycles. The number of esters is 1. The Morgan fingerprint density at radius 2 is 1.79 bits per heavy atom. The van der Waals surface area contributed by atoms with Crippen molar-refractivity contribution in [3.05, 3.63) is 77.7 Å². The molecule has 0 aliphatic carbocycles. The minimum Gasteiger partial charge on any atom is -0.465 e. The Balaban J connectivity index is 1.58. The van der Waals surface area contributed by atoms with E-state index in [1.807, 2.05) is 54.6 Å². The molecule has 0 saturated heterocycles. The molecule has 5 nitrogen and oxygen atoms in total. The second-order valence-corrected chi connectivity index (χ2v) is 7.11. The van der Waals surface area contributed by atoms with Crippen molar-refractivity contribution in [1.29, 1.82) is 0 Å². The average molecular weight is 395 g/mol. The van der Waals surface area contributed by atoms with Gasteiger partial charge in [-0.05, 0) is 24.6 Å². The van der Waals surface area contributed by atoms with Crippen LogP contribution in [0.3, 0.4) is 0 Å². The van der Waals surface area contributed by atoms with E-state index in [0.717, 1.165) is 16.8 Å². The molecule has 0 aliphatic heterocycles. The van der Waals surface area contributed by atoms with Gasteiger partial charge in [-0.1, -0.05) is 48.5 Å². The lowest BCUT2D eigenvalue weighted by molar-refractivity contribution is -0.113. The normalized spacial score (nSPS) is 10.5. The molecule has 0 unspecified atom stereocenters. The van der Waals surface area contributed by atoms with E-state index < -0.39 is 5.97 Å². The number of hydrogen-bond donors (Lipinski definition) is 1. The van der Waals surface area contributed by atoms with Crippen LogP contribution in [0.25, 0.3) is 11.1 Å². The zero-order chi connectivity index (χ0) is 19.9. The van der Waals surface area contributed by atoms with Gasteiger partial charge in [0.25, 0.3) is 0 Å². The summed E-state index contributed by atoms with van der Waals surface area (Å²) >= 11 is 1.42. The van der Waals surface area contributed by atoms with Crippen molar-refractivity contribution in [1.82, 2.24) is 0 Å². The third kappa shape index (κ3) is 4.84. The van der Waals surface area contributed by atoms with Gasteiger partial charge in [0.2, 0.25) is 5.91 Å². The number of benzene rings is 2. The molecule has 28 heavy (non-hydrogen) atoms. The van der Waals surface area contributed by atoms with Crippen LogP contribution >= 0.6 is 11.8 Å². The number of hydrogen-bond acceptors (Lipinski definition) is 5. The summed E-state index contributed by atoms with van der Waals surface area (Å²) in [6.45, 7) is 1.72. The number of furan rings is 1. The monoisotopic (exact) mass is 395 g/mol. The largest absolute Gasteiger partial charge is 0.465 e. The highest BCUT2D eigenvalue weighted by atomic mass is 32.2. The van der Waals surface area contributed by atoms with Crippen LogP contribution in [0.5, 0.6) is 0 Å². The van der Waals surface area contributed by atoms with Gasteiger partial charge >= 0.3 is 5.97 Å². The Morgan fingerprint density at radius 3 is 2.54 bits per heavy atom. The number of ether oxygens (including phenoxy) is 1.